The van der Waals surface area contributed by atoms with Gasteiger partial charge in [-0.15, -0.1) is 11.3 Å². The Hall–Kier alpha value is -1.34. The van der Waals surface area contributed by atoms with Gasteiger partial charge in [-0.2, -0.15) is 0 Å². The Kier molecular flexibility index (Phi) is 5.84. The summed E-state index contributed by atoms with van der Waals surface area (Å²) >= 11 is 2.96. The molecule has 1 atom stereocenters. The molecule has 0 unspecified atom stereocenters. The third-order valence-corrected chi connectivity index (χ3v) is 6.76. The van der Waals surface area contributed by atoms with Crippen LogP contribution in [-0.4, -0.2) is 40.1 Å². The van der Waals surface area contributed by atoms with Crippen LogP contribution in [0.15, 0.2) is 9.95 Å². The zero-order chi connectivity index (χ0) is 18.0. The number of thioether (sulfide) groups is 1. The number of rotatable bonds is 6. The number of nitrogens with one attached hydrogen (secondary N) is 1. The third kappa shape index (κ3) is 4.08. The molecule has 0 spiro atoms. The maximum atomic E-state index is 12.5. The van der Waals surface area contributed by atoms with Crippen LogP contribution < -0.4 is 5.56 Å². The summed E-state index contributed by atoms with van der Waals surface area (Å²) in [6, 6.07) is 0. The van der Waals surface area contributed by atoms with Gasteiger partial charge < -0.3 is 9.88 Å². The summed E-state index contributed by atoms with van der Waals surface area (Å²) in [4.78, 5) is 36.0. The van der Waals surface area contributed by atoms with Crippen LogP contribution in [0.4, 0.5) is 0 Å². The van der Waals surface area contributed by atoms with Gasteiger partial charge in [0.25, 0.3) is 5.56 Å². The maximum absolute atomic E-state index is 12.5. The summed E-state index contributed by atoms with van der Waals surface area (Å²) in [5, 5.41) is 1.31. The smallest absolute Gasteiger partial charge is 0.260 e. The number of amides is 1. The van der Waals surface area contributed by atoms with Crippen LogP contribution in [0.2, 0.25) is 0 Å². The molecule has 1 aliphatic carbocycles. The van der Waals surface area contributed by atoms with Crippen LogP contribution in [-0.2, 0) is 17.6 Å². The number of fused-ring (bicyclic) bond motifs is 3. The van der Waals surface area contributed by atoms with Gasteiger partial charge in [0.2, 0.25) is 5.91 Å². The second-order valence-corrected chi connectivity index (χ2v) is 8.91. The molecule has 2 heterocycles. The fourth-order valence-corrected chi connectivity index (χ4v) is 5.40. The standard InChI is InChI=1S/C18H25N3O2S2/c1-4-5-8-21(3)14(22)10-24-18-19-16(23)15-12-7-6-11(2)9-13(12)25-17(15)20-18/h11H,4-10H2,1-3H3,(H,19,20,23)/t11-/m1/s1. The van der Waals surface area contributed by atoms with E-state index in [1.807, 2.05) is 7.05 Å². The van der Waals surface area contributed by atoms with E-state index in [-0.39, 0.29) is 11.5 Å². The Bertz CT molecular complexity index is 828. The molecule has 0 fully saturated rings. The summed E-state index contributed by atoms with van der Waals surface area (Å²) in [6.45, 7) is 5.14. The molecule has 1 aliphatic rings. The molecule has 1 N–H and O–H groups in total. The lowest BCUT2D eigenvalue weighted by Gasteiger charge is -2.17. The van der Waals surface area contributed by atoms with Crippen molar-refractivity contribution in [2.24, 2.45) is 5.92 Å². The SMILES string of the molecule is CCCCN(C)C(=O)CSc1nc2sc3c(c2c(=O)[nH]1)CC[C@@H](C)C3. The van der Waals surface area contributed by atoms with Gasteiger partial charge in [0.15, 0.2) is 5.16 Å². The first kappa shape index (κ1) is 18.5. The minimum Gasteiger partial charge on any atom is -0.345 e. The number of carbonyl (C=O) groups is 1. The van der Waals surface area contributed by atoms with Gasteiger partial charge in [0, 0.05) is 18.5 Å². The number of hydrogen-bond acceptors (Lipinski definition) is 5. The molecular weight excluding hydrogens is 354 g/mol. The molecule has 136 valence electrons. The van der Waals surface area contributed by atoms with Crippen molar-refractivity contribution < 1.29 is 4.79 Å². The average molecular weight is 380 g/mol. The fourth-order valence-electron chi connectivity index (χ4n) is 3.16. The summed E-state index contributed by atoms with van der Waals surface area (Å²) < 4.78 is 0. The zero-order valence-corrected chi connectivity index (χ0v) is 16.7. The molecular formula is C18H25N3O2S2. The third-order valence-electron chi connectivity index (χ3n) is 4.75. The van der Waals surface area contributed by atoms with Crippen molar-refractivity contribution in [2.45, 2.75) is 51.1 Å². The Labute approximate surface area is 156 Å². The van der Waals surface area contributed by atoms with Crippen molar-refractivity contribution in [1.29, 1.82) is 0 Å². The average Bonchev–Trinajstić information content (AvgIpc) is 2.95. The van der Waals surface area contributed by atoms with Gasteiger partial charge in [0.1, 0.15) is 4.83 Å². The van der Waals surface area contributed by atoms with Crippen molar-refractivity contribution in [3.63, 3.8) is 0 Å². The molecule has 0 aliphatic heterocycles. The van der Waals surface area contributed by atoms with Crippen molar-refractivity contribution in [3.8, 4) is 0 Å². The van der Waals surface area contributed by atoms with Crippen molar-refractivity contribution >= 4 is 39.2 Å². The minimum atomic E-state index is -0.0636. The Morgan fingerprint density at radius 1 is 1.48 bits per heavy atom. The van der Waals surface area contributed by atoms with Crippen LogP contribution >= 0.6 is 23.1 Å². The lowest BCUT2D eigenvalue weighted by Crippen LogP contribution is -2.29. The first-order chi connectivity index (χ1) is 12.0. The largest absolute Gasteiger partial charge is 0.345 e. The predicted octanol–water partition coefficient (Wildman–Crippen LogP) is 3.46. The minimum absolute atomic E-state index is 0.0636. The van der Waals surface area contributed by atoms with Crippen LogP contribution in [0.1, 0.15) is 43.6 Å². The van der Waals surface area contributed by atoms with Crippen LogP contribution in [0.3, 0.4) is 0 Å². The molecule has 0 saturated heterocycles. The Balaban J connectivity index is 1.75. The first-order valence-electron chi connectivity index (χ1n) is 8.91. The van der Waals surface area contributed by atoms with Crippen LogP contribution in [0.5, 0.6) is 0 Å². The molecule has 7 heteroatoms. The van der Waals surface area contributed by atoms with E-state index in [1.165, 1.54) is 22.2 Å². The summed E-state index contributed by atoms with van der Waals surface area (Å²) in [5.74, 6) is 1.04. The maximum Gasteiger partial charge on any atom is 0.260 e. The Morgan fingerprint density at radius 2 is 2.28 bits per heavy atom. The number of unbranched alkanes of at least 4 members (excludes halogenated alkanes) is 1. The summed E-state index contributed by atoms with van der Waals surface area (Å²) in [7, 11) is 1.83. The molecule has 1 amide bonds. The highest BCUT2D eigenvalue weighted by Crippen LogP contribution is 2.36. The normalized spacial score (nSPS) is 16.8. The highest BCUT2D eigenvalue weighted by atomic mass is 32.2. The molecule has 25 heavy (non-hydrogen) atoms. The van der Waals surface area contributed by atoms with E-state index in [1.54, 1.807) is 16.2 Å². The van der Waals surface area contributed by atoms with Crippen molar-refractivity contribution in [2.75, 3.05) is 19.3 Å². The molecule has 5 nitrogen and oxygen atoms in total. The molecule has 0 bridgehead atoms. The number of carbonyl (C=O) groups excluding carboxylic acids is 1. The molecule has 2 aromatic heterocycles. The monoisotopic (exact) mass is 379 g/mol. The van der Waals surface area contributed by atoms with E-state index in [4.69, 9.17) is 0 Å². The second kappa shape index (κ2) is 7.91. The number of H-pyrrole nitrogens is 1. The van der Waals surface area contributed by atoms with E-state index in [9.17, 15) is 9.59 Å². The van der Waals surface area contributed by atoms with Gasteiger partial charge in [-0.05, 0) is 37.2 Å². The van der Waals surface area contributed by atoms with E-state index < -0.39 is 0 Å². The molecule has 3 rings (SSSR count). The van der Waals surface area contributed by atoms with E-state index in [2.05, 4.69) is 23.8 Å². The summed E-state index contributed by atoms with van der Waals surface area (Å²) in [5.41, 5.74) is 1.13. The van der Waals surface area contributed by atoms with Crippen molar-refractivity contribution in [1.82, 2.24) is 14.9 Å². The highest BCUT2D eigenvalue weighted by Gasteiger charge is 2.23. The van der Waals surface area contributed by atoms with Gasteiger partial charge in [-0.25, -0.2) is 4.98 Å². The summed E-state index contributed by atoms with van der Waals surface area (Å²) in [6.07, 6.45) is 5.21. The lowest BCUT2D eigenvalue weighted by molar-refractivity contribution is -0.127. The highest BCUT2D eigenvalue weighted by molar-refractivity contribution is 7.99. The number of aromatic nitrogens is 2. The number of hydrogen-bond donors (Lipinski definition) is 1. The van der Waals surface area contributed by atoms with E-state index in [0.717, 1.165) is 48.9 Å². The van der Waals surface area contributed by atoms with E-state index >= 15 is 0 Å². The van der Waals surface area contributed by atoms with Crippen LogP contribution in [0.25, 0.3) is 10.2 Å². The number of nitrogens with zero attached hydrogens (tertiary/aromatic N) is 2. The lowest BCUT2D eigenvalue weighted by atomic mass is 9.89. The Morgan fingerprint density at radius 3 is 3.04 bits per heavy atom. The van der Waals surface area contributed by atoms with Gasteiger partial charge >= 0.3 is 0 Å². The van der Waals surface area contributed by atoms with E-state index in [0.29, 0.717) is 16.8 Å². The zero-order valence-electron chi connectivity index (χ0n) is 15.1. The van der Waals surface area contributed by atoms with Gasteiger partial charge in [-0.1, -0.05) is 32.0 Å². The molecule has 2 aromatic rings. The van der Waals surface area contributed by atoms with Gasteiger partial charge in [0.05, 0.1) is 11.1 Å². The number of aryl methyl sites for hydroxylation is 1. The molecule has 0 radical (unpaired) electrons. The molecule has 0 saturated carbocycles. The quantitative estimate of drug-likeness (QED) is 0.617. The molecule has 0 aromatic carbocycles. The number of aromatic amines is 1. The number of thiophene rings is 1. The van der Waals surface area contributed by atoms with Crippen LogP contribution in [0, 0.1) is 5.92 Å². The predicted molar refractivity (Wildman–Crippen MR) is 105 cm³/mol. The topological polar surface area (TPSA) is 66.1 Å². The fraction of sp³-hybridized carbons (Fsp3) is 0.611. The van der Waals surface area contributed by atoms with Gasteiger partial charge in [-0.3, -0.25) is 9.59 Å². The first-order valence-corrected chi connectivity index (χ1v) is 10.7. The van der Waals surface area contributed by atoms with Crippen molar-refractivity contribution in [3.05, 3.63) is 20.8 Å². The second-order valence-electron chi connectivity index (χ2n) is 6.86.